The highest BCUT2D eigenvalue weighted by Crippen LogP contribution is 2.66. The van der Waals surface area contributed by atoms with Gasteiger partial charge in [-0.3, -0.25) is 0 Å². The molecule has 4 aliphatic rings. The summed E-state index contributed by atoms with van der Waals surface area (Å²) >= 11 is 0. The van der Waals surface area contributed by atoms with Crippen LogP contribution in [0.5, 0.6) is 0 Å². The summed E-state index contributed by atoms with van der Waals surface area (Å²) < 4.78 is 0. The van der Waals surface area contributed by atoms with E-state index in [9.17, 15) is 15.3 Å². The standard InChI is InChI=1S/C29H48O3/c1-18(20(3)29(6,32)17-30)15-19(2)24-9-10-25-23-8-7-21-16-22(31)11-13-27(21,4)26(23)12-14-28(24,25)5/h7,18,20,22-23,25-26,30-32H,8-17H2,1-6H3/b24-19+/t18-,20+,22+,23?,25?,26?,27+,28-,29?/m1/s1. The summed E-state index contributed by atoms with van der Waals surface area (Å²) in [6.45, 7) is 13.3. The molecule has 0 radical (unpaired) electrons. The van der Waals surface area contributed by atoms with E-state index in [2.05, 4.69) is 40.7 Å². The smallest absolute Gasteiger partial charge is 0.0877 e. The van der Waals surface area contributed by atoms with E-state index >= 15 is 0 Å². The zero-order valence-electron chi connectivity index (χ0n) is 21.5. The van der Waals surface area contributed by atoms with E-state index in [1.54, 1.807) is 23.6 Å². The summed E-state index contributed by atoms with van der Waals surface area (Å²) in [6, 6.07) is 0. The Bertz CT molecular complexity index is 779. The number of fused-ring (bicyclic) bond motifs is 5. The second kappa shape index (κ2) is 8.54. The minimum Gasteiger partial charge on any atom is -0.393 e. The summed E-state index contributed by atoms with van der Waals surface area (Å²) in [5.74, 6) is 2.76. The van der Waals surface area contributed by atoms with Crippen molar-refractivity contribution in [3.8, 4) is 0 Å². The molecule has 0 amide bonds. The summed E-state index contributed by atoms with van der Waals surface area (Å²) in [7, 11) is 0. The SMILES string of the molecule is C/C(C[C@@H](C)[C@H](C)C(C)(O)CO)=C1/CCC2C3CC=C4C[C@@H](O)CC[C@]4(C)C3CC[C@]12C. The van der Waals surface area contributed by atoms with Gasteiger partial charge >= 0.3 is 0 Å². The predicted octanol–water partition coefficient (Wildman–Crippen LogP) is 6.03. The van der Waals surface area contributed by atoms with Crippen molar-refractivity contribution >= 4 is 0 Å². The average Bonchev–Trinajstić information content (AvgIpc) is 3.10. The zero-order chi connectivity index (χ0) is 23.5. The van der Waals surface area contributed by atoms with E-state index < -0.39 is 5.60 Å². The molecule has 182 valence electrons. The van der Waals surface area contributed by atoms with Gasteiger partial charge in [-0.15, -0.1) is 0 Å². The molecular formula is C29H48O3. The first kappa shape index (κ1) is 24.5. The Kier molecular flexibility index (Phi) is 6.53. The molecule has 0 saturated heterocycles. The molecule has 3 nitrogen and oxygen atoms in total. The minimum atomic E-state index is -1.01. The van der Waals surface area contributed by atoms with Crippen molar-refractivity contribution in [2.45, 2.75) is 111 Å². The van der Waals surface area contributed by atoms with Gasteiger partial charge in [0.2, 0.25) is 0 Å². The van der Waals surface area contributed by atoms with Crippen LogP contribution in [0.2, 0.25) is 0 Å². The molecule has 4 unspecified atom stereocenters. The maximum atomic E-state index is 10.6. The van der Waals surface area contributed by atoms with Gasteiger partial charge in [-0.25, -0.2) is 0 Å². The van der Waals surface area contributed by atoms with E-state index in [-0.39, 0.29) is 18.6 Å². The van der Waals surface area contributed by atoms with Crippen LogP contribution in [0.3, 0.4) is 0 Å². The van der Waals surface area contributed by atoms with Gasteiger partial charge < -0.3 is 15.3 Å². The molecule has 4 rings (SSSR count). The van der Waals surface area contributed by atoms with Gasteiger partial charge in [0.25, 0.3) is 0 Å². The summed E-state index contributed by atoms with van der Waals surface area (Å²) in [5, 5.41) is 30.4. The van der Waals surface area contributed by atoms with Crippen LogP contribution in [0.4, 0.5) is 0 Å². The summed E-state index contributed by atoms with van der Waals surface area (Å²) in [5.41, 5.74) is 4.43. The normalized spacial score (nSPS) is 44.5. The zero-order valence-corrected chi connectivity index (χ0v) is 21.5. The topological polar surface area (TPSA) is 60.7 Å². The van der Waals surface area contributed by atoms with Crippen molar-refractivity contribution in [3.63, 3.8) is 0 Å². The lowest BCUT2D eigenvalue weighted by Gasteiger charge is -2.57. The van der Waals surface area contributed by atoms with Crippen LogP contribution in [0, 0.1) is 40.4 Å². The number of aliphatic hydroxyl groups is 3. The molecular weight excluding hydrogens is 396 g/mol. The van der Waals surface area contributed by atoms with E-state index in [4.69, 9.17) is 0 Å². The summed E-state index contributed by atoms with van der Waals surface area (Å²) in [4.78, 5) is 0. The van der Waals surface area contributed by atoms with Crippen LogP contribution < -0.4 is 0 Å². The van der Waals surface area contributed by atoms with Gasteiger partial charge in [-0.1, -0.05) is 50.5 Å². The van der Waals surface area contributed by atoms with Crippen LogP contribution in [0.25, 0.3) is 0 Å². The molecule has 0 spiro atoms. The maximum absolute atomic E-state index is 10.6. The Labute approximate surface area is 196 Å². The molecule has 3 heteroatoms. The lowest BCUT2D eigenvalue weighted by molar-refractivity contribution is -0.0572. The second-order valence-corrected chi connectivity index (χ2v) is 12.9. The highest BCUT2D eigenvalue weighted by molar-refractivity contribution is 5.31. The fourth-order valence-electron chi connectivity index (χ4n) is 8.70. The van der Waals surface area contributed by atoms with Crippen LogP contribution in [-0.2, 0) is 0 Å². The Morgan fingerprint density at radius 3 is 2.47 bits per heavy atom. The lowest BCUT2D eigenvalue weighted by Crippen LogP contribution is -2.49. The van der Waals surface area contributed by atoms with Crippen molar-refractivity contribution in [1.29, 1.82) is 0 Å². The molecule has 0 aromatic carbocycles. The Balaban J connectivity index is 1.55. The van der Waals surface area contributed by atoms with E-state index in [0.29, 0.717) is 16.7 Å². The first-order chi connectivity index (χ1) is 14.9. The molecule has 32 heavy (non-hydrogen) atoms. The largest absolute Gasteiger partial charge is 0.393 e. The monoisotopic (exact) mass is 444 g/mol. The fraction of sp³-hybridized carbons (Fsp3) is 0.862. The van der Waals surface area contributed by atoms with Crippen LogP contribution in [0.15, 0.2) is 22.8 Å². The lowest BCUT2D eigenvalue weighted by atomic mass is 9.47. The van der Waals surface area contributed by atoms with Gasteiger partial charge in [0.1, 0.15) is 0 Å². The first-order valence-electron chi connectivity index (χ1n) is 13.3. The third-order valence-corrected chi connectivity index (χ3v) is 11.2. The first-order valence-corrected chi connectivity index (χ1v) is 13.3. The highest BCUT2D eigenvalue weighted by Gasteiger charge is 2.57. The number of hydrogen-bond donors (Lipinski definition) is 3. The molecule has 0 aromatic heterocycles. The maximum Gasteiger partial charge on any atom is 0.0877 e. The van der Waals surface area contributed by atoms with Gasteiger partial charge in [-0.05, 0) is 112 Å². The number of hydrogen-bond acceptors (Lipinski definition) is 3. The number of aliphatic hydroxyl groups excluding tert-OH is 2. The van der Waals surface area contributed by atoms with Crippen LogP contribution in [-0.4, -0.2) is 33.6 Å². The molecule has 0 bridgehead atoms. The van der Waals surface area contributed by atoms with Crippen LogP contribution >= 0.6 is 0 Å². The average molecular weight is 445 g/mol. The van der Waals surface area contributed by atoms with Crippen molar-refractivity contribution in [2.24, 2.45) is 40.4 Å². The molecule has 9 atom stereocenters. The van der Waals surface area contributed by atoms with Gasteiger partial charge in [0, 0.05) is 0 Å². The van der Waals surface area contributed by atoms with Crippen molar-refractivity contribution < 1.29 is 15.3 Å². The Hall–Kier alpha value is -0.640. The fourth-order valence-corrected chi connectivity index (χ4v) is 8.70. The number of rotatable bonds is 5. The Morgan fingerprint density at radius 2 is 1.78 bits per heavy atom. The molecule has 3 fully saturated rings. The molecule has 0 aromatic rings. The van der Waals surface area contributed by atoms with Crippen LogP contribution in [0.1, 0.15) is 99.3 Å². The summed E-state index contributed by atoms with van der Waals surface area (Å²) in [6.07, 6.45) is 12.8. The van der Waals surface area contributed by atoms with Crippen molar-refractivity contribution in [1.82, 2.24) is 0 Å². The molecule has 0 aliphatic heterocycles. The molecule has 3 N–H and O–H groups in total. The quantitative estimate of drug-likeness (QED) is 0.454. The molecule has 4 aliphatic carbocycles. The van der Waals surface area contributed by atoms with Crippen molar-refractivity contribution in [3.05, 3.63) is 22.8 Å². The van der Waals surface area contributed by atoms with E-state index in [1.807, 2.05) is 0 Å². The third kappa shape index (κ3) is 3.85. The third-order valence-electron chi connectivity index (χ3n) is 11.2. The second-order valence-electron chi connectivity index (χ2n) is 12.9. The minimum absolute atomic E-state index is 0.0623. The van der Waals surface area contributed by atoms with Gasteiger partial charge in [-0.2, -0.15) is 0 Å². The van der Waals surface area contributed by atoms with Gasteiger partial charge in [0.05, 0.1) is 18.3 Å². The Morgan fingerprint density at radius 1 is 1.12 bits per heavy atom. The highest BCUT2D eigenvalue weighted by atomic mass is 16.3. The van der Waals surface area contributed by atoms with Crippen molar-refractivity contribution in [2.75, 3.05) is 6.61 Å². The number of allylic oxidation sites excluding steroid dienone is 3. The van der Waals surface area contributed by atoms with E-state index in [1.165, 1.54) is 32.1 Å². The molecule has 3 saturated carbocycles. The predicted molar refractivity (Wildman–Crippen MR) is 131 cm³/mol. The van der Waals surface area contributed by atoms with E-state index in [0.717, 1.165) is 43.4 Å². The molecule has 0 heterocycles. The van der Waals surface area contributed by atoms with Gasteiger partial charge in [0.15, 0.2) is 0 Å².